The van der Waals surface area contributed by atoms with Gasteiger partial charge < -0.3 is 15.1 Å². The monoisotopic (exact) mass is 287 g/mol. The fraction of sp³-hybridized carbons (Fsp3) is 0.333. The number of nitrogens with two attached hydrogens (primary N) is 1. The molecule has 2 rings (SSSR count). The van der Waals surface area contributed by atoms with Crippen LogP contribution in [0.5, 0.6) is 5.75 Å². The van der Waals surface area contributed by atoms with Gasteiger partial charge in [0, 0.05) is 19.5 Å². The lowest BCUT2D eigenvalue weighted by Crippen LogP contribution is -2.16. The van der Waals surface area contributed by atoms with E-state index >= 15 is 0 Å². The number of hydrogen-bond acceptors (Lipinski definition) is 6. The SMILES string of the molecule is CCCc1nc(NN)cc(N(C)c2ccccc2OC)n1. The molecule has 6 nitrogen and oxygen atoms in total. The first-order valence-electron chi connectivity index (χ1n) is 6.91. The van der Waals surface area contributed by atoms with Gasteiger partial charge in [0.25, 0.3) is 0 Å². The number of nitrogen functional groups attached to an aromatic ring is 1. The summed E-state index contributed by atoms with van der Waals surface area (Å²) in [4.78, 5) is 10.9. The van der Waals surface area contributed by atoms with Crippen LogP contribution in [0.15, 0.2) is 30.3 Å². The zero-order valence-corrected chi connectivity index (χ0v) is 12.6. The van der Waals surface area contributed by atoms with Crippen LogP contribution in [0.1, 0.15) is 19.2 Å². The second kappa shape index (κ2) is 6.90. The largest absolute Gasteiger partial charge is 0.495 e. The molecular formula is C15H21N5O. The van der Waals surface area contributed by atoms with E-state index in [0.717, 1.165) is 35.9 Å². The normalized spacial score (nSPS) is 10.3. The van der Waals surface area contributed by atoms with E-state index in [1.54, 1.807) is 7.11 Å². The molecule has 112 valence electrons. The Labute approximate surface area is 124 Å². The number of methoxy groups -OCH3 is 1. The summed E-state index contributed by atoms with van der Waals surface area (Å²) in [5.41, 5.74) is 3.53. The van der Waals surface area contributed by atoms with E-state index in [1.165, 1.54) is 0 Å². The Morgan fingerprint density at radius 2 is 2.05 bits per heavy atom. The Balaban J connectivity index is 2.42. The quantitative estimate of drug-likeness (QED) is 0.628. The molecular weight excluding hydrogens is 266 g/mol. The third-order valence-corrected chi connectivity index (χ3v) is 3.17. The van der Waals surface area contributed by atoms with Gasteiger partial charge in [-0.1, -0.05) is 19.1 Å². The molecule has 0 amide bonds. The fourth-order valence-corrected chi connectivity index (χ4v) is 2.09. The van der Waals surface area contributed by atoms with Crippen molar-refractivity contribution in [2.75, 3.05) is 24.5 Å². The van der Waals surface area contributed by atoms with Crippen LogP contribution in [-0.2, 0) is 6.42 Å². The number of ether oxygens (including phenoxy) is 1. The van der Waals surface area contributed by atoms with Crippen LogP contribution in [0, 0.1) is 0 Å². The number of rotatable bonds is 6. The molecule has 2 aromatic rings. The average Bonchev–Trinajstić information content (AvgIpc) is 2.54. The van der Waals surface area contributed by atoms with Crippen molar-refractivity contribution in [3.63, 3.8) is 0 Å². The van der Waals surface area contributed by atoms with Crippen molar-refractivity contribution in [3.05, 3.63) is 36.2 Å². The highest BCUT2D eigenvalue weighted by Gasteiger charge is 2.13. The molecule has 6 heteroatoms. The molecule has 1 heterocycles. The number of hydrogen-bond donors (Lipinski definition) is 2. The van der Waals surface area contributed by atoms with Crippen LogP contribution in [0.3, 0.4) is 0 Å². The van der Waals surface area contributed by atoms with Gasteiger partial charge in [-0.15, -0.1) is 0 Å². The predicted octanol–water partition coefficient (Wildman–Crippen LogP) is 2.49. The Hall–Kier alpha value is -2.34. The zero-order valence-electron chi connectivity index (χ0n) is 12.6. The van der Waals surface area contributed by atoms with Crippen LogP contribution in [0.4, 0.5) is 17.3 Å². The zero-order chi connectivity index (χ0) is 15.2. The third-order valence-electron chi connectivity index (χ3n) is 3.17. The van der Waals surface area contributed by atoms with Crippen molar-refractivity contribution in [3.8, 4) is 5.75 Å². The Morgan fingerprint density at radius 1 is 1.29 bits per heavy atom. The van der Waals surface area contributed by atoms with E-state index in [-0.39, 0.29) is 0 Å². The first-order valence-corrected chi connectivity index (χ1v) is 6.91. The smallest absolute Gasteiger partial charge is 0.145 e. The molecule has 0 aliphatic carbocycles. The Morgan fingerprint density at radius 3 is 2.71 bits per heavy atom. The number of aromatic nitrogens is 2. The van der Waals surface area contributed by atoms with Gasteiger partial charge in [-0.25, -0.2) is 15.8 Å². The average molecular weight is 287 g/mol. The van der Waals surface area contributed by atoms with Gasteiger partial charge >= 0.3 is 0 Å². The fourth-order valence-electron chi connectivity index (χ4n) is 2.09. The van der Waals surface area contributed by atoms with Gasteiger partial charge in [-0.3, -0.25) is 0 Å². The summed E-state index contributed by atoms with van der Waals surface area (Å²) < 4.78 is 5.40. The first kappa shape index (κ1) is 15.1. The maximum atomic E-state index is 5.50. The van der Waals surface area contributed by atoms with Crippen molar-refractivity contribution in [2.45, 2.75) is 19.8 Å². The van der Waals surface area contributed by atoms with Crippen molar-refractivity contribution in [1.29, 1.82) is 0 Å². The van der Waals surface area contributed by atoms with Gasteiger partial charge in [-0.2, -0.15) is 0 Å². The van der Waals surface area contributed by atoms with Crippen molar-refractivity contribution < 1.29 is 4.74 Å². The molecule has 0 saturated heterocycles. The summed E-state index contributed by atoms with van der Waals surface area (Å²) >= 11 is 0. The number of para-hydroxylation sites is 2. The van der Waals surface area contributed by atoms with Gasteiger partial charge in [0.05, 0.1) is 12.8 Å². The van der Waals surface area contributed by atoms with E-state index in [4.69, 9.17) is 10.6 Å². The maximum absolute atomic E-state index is 5.50. The molecule has 3 N–H and O–H groups in total. The summed E-state index contributed by atoms with van der Waals surface area (Å²) in [5, 5.41) is 0. The molecule has 1 aromatic carbocycles. The number of nitrogens with one attached hydrogen (secondary N) is 1. The number of aryl methyl sites for hydroxylation is 1. The van der Waals surface area contributed by atoms with Crippen molar-refractivity contribution in [2.24, 2.45) is 5.84 Å². The molecule has 0 aliphatic rings. The molecule has 0 saturated carbocycles. The van der Waals surface area contributed by atoms with Gasteiger partial charge in [0.1, 0.15) is 23.2 Å². The summed E-state index contributed by atoms with van der Waals surface area (Å²) in [6, 6.07) is 9.61. The molecule has 0 unspecified atom stereocenters. The van der Waals surface area contributed by atoms with Crippen LogP contribution in [0.2, 0.25) is 0 Å². The number of hydrazine groups is 1. The minimum atomic E-state index is 0.602. The third kappa shape index (κ3) is 3.41. The highest BCUT2D eigenvalue weighted by molar-refractivity contribution is 5.67. The lowest BCUT2D eigenvalue weighted by molar-refractivity contribution is 0.415. The van der Waals surface area contributed by atoms with Crippen LogP contribution < -0.4 is 20.9 Å². The predicted molar refractivity (Wildman–Crippen MR) is 84.9 cm³/mol. The molecule has 0 fully saturated rings. The minimum absolute atomic E-state index is 0.602. The van der Waals surface area contributed by atoms with E-state index in [9.17, 15) is 0 Å². The lowest BCUT2D eigenvalue weighted by Gasteiger charge is -2.21. The number of nitrogens with zero attached hydrogens (tertiary/aromatic N) is 3. The van der Waals surface area contributed by atoms with E-state index in [1.807, 2.05) is 42.3 Å². The summed E-state index contributed by atoms with van der Waals surface area (Å²) in [6.45, 7) is 2.09. The van der Waals surface area contributed by atoms with E-state index < -0.39 is 0 Å². The molecule has 0 spiro atoms. The molecule has 0 bridgehead atoms. The second-order valence-corrected chi connectivity index (χ2v) is 4.65. The van der Waals surface area contributed by atoms with E-state index in [2.05, 4.69) is 22.3 Å². The molecule has 0 aliphatic heterocycles. The second-order valence-electron chi connectivity index (χ2n) is 4.65. The van der Waals surface area contributed by atoms with Crippen LogP contribution >= 0.6 is 0 Å². The Bertz CT molecular complexity index is 602. The van der Waals surface area contributed by atoms with Crippen molar-refractivity contribution >= 4 is 17.3 Å². The van der Waals surface area contributed by atoms with Crippen LogP contribution in [-0.4, -0.2) is 24.1 Å². The van der Waals surface area contributed by atoms with Crippen LogP contribution in [0.25, 0.3) is 0 Å². The first-order chi connectivity index (χ1) is 10.2. The molecule has 1 aromatic heterocycles. The molecule has 0 radical (unpaired) electrons. The summed E-state index contributed by atoms with van der Waals surface area (Å²) in [7, 11) is 3.60. The molecule has 0 atom stereocenters. The number of benzene rings is 1. The van der Waals surface area contributed by atoms with E-state index in [0.29, 0.717) is 5.82 Å². The Kier molecular flexibility index (Phi) is 4.94. The topological polar surface area (TPSA) is 76.3 Å². The van der Waals surface area contributed by atoms with Gasteiger partial charge in [-0.05, 0) is 18.6 Å². The molecule has 21 heavy (non-hydrogen) atoms. The highest BCUT2D eigenvalue weighted by atomic mass is 16.5. The standard InChI is InChI=1S/C15H21N5O/c1-4-7-13-17-14(19-16)10-15(18-13)20(2)11-8-5-6-9-12(11)21-3/h5-6,8-10H,4,7,16H2,1-3H3,(H,17,18,19). The summed E-state index contributed by atoms with van der Waals surface area (Å²) in [5.74, 6) is 8.42. The lowest BCUT2D eigenvalue weighted by atomic mass is 10.2. The maximum Gasteiger partial charge on any atom is 0.145 e. The number of anilines is 3. The van der Waals surface area contributed by atoms with Gasteiger partial charge in [0.15, 0.2) is 0 Å². The minimum Gasteiger partial charge on any atom is -0.495 e. The van der Waals surface area contributed by atoms with Crippen molar-refractivity contribution in [1.82, 2.24) is 9.97 Å². The highest BCUT2D eigenvalue weighted by Crippen LogP contribution is 2.31. The van der Waals surface area contributed by atoms with Gasteiger partial charge in [0.2, 0.25) is 0 Å². The summed E-state index contributed by atoms with van der Waals surface area (Å²) in [6.07, 6.45) is 1.79.